The van der Waals surface area contributed by atoms with Crippen LogP contribution in [-0.2, 0) is 6.54 Å². The van der Waals surface area contributed by atoms with E-state index in [4.69, 9.17) is 0 Å². The zero-order valence-corrected chi connectivity index (χ0v) is 11.4. The van der Waals surface area contributed by atoms with Crippen molar-refractivity contribution in [3.8, 4) is 0 Å². The minimum Gasteiger partial charge on any atom is -0.339 e. The van der Waals surface area contributed by atoms with Crippen LogP contribution in [0.1, 0.15) is 35.9 Å². The summed E-state index contributed by atoms with van der Waals surface area (Å²) < 4.78 is 1.77. The van der Waals surface area contributed by atoms with Gasteiger partial charge in [0.15, 0.2) is 0 Å². The Kier molecular flexibility index (Phi) is 4.01. The molecule has 0 bridgehead atoms. The first-order valence-corrected chi connectivity index (χ1v) is 6.65. The van der Waals surface area contributed by atoms with Crippen molar-refractivity contribution in [2.24, 2.45) is 0 Å². The van der Waals surface area contributed by atoms with Gasteiger partial charge in [-0.05, 0) is 39.3 Å². The number of amides is 1. The van der Waals surface area contributed by atoms with E-state index in [2.05, 4.69) is 10.4 Å². The SMILES string of the molecule is CCn1nc(C)cc1C(=O)N(C)CC1CCCN1. The monoisotopic (exact) mass is 250 g/mol. The number of nitrogens with zero attached hydrogens (tertiary/aromatic N) is 3. The normalized spacial score (nSPS) is 19.2. The fourth-order valence-corrected chi connectivity index (χ4v) is 2.48. The van der Waals surface area contributed by atoms with Gasteiger partial charge in [-0.3, -0.25) is 9.48 Å². The van der Waals surface area contributed by atoms with Gasteiger partial charge in [0, 0.05) is 26.2 Å². The fourth-order valence-electron chi connectivity index (χ4n) is 2.48. The molecule has 2 rings (SSSR count). The van der Waals surface area contributed by atoms with E-state index in [1.165, 1.54) is 6.42 Å². The molecule has 1 aliphatic rings. The van der Waals surface area contributed by atoms with Crippen molar-refractivity contribution in [2.75, 3.05) is 20.1 Å². The molecule has 1 N–H and O–H groups in total. The smallest absolute Gasteiger partial charge is 0.271 e. The molecule has 1 amide bonds. The summed E-state index contributed by atoms with van der Waals surface area (Å²) in [5.74, 6) is 0.0613. The van der Waals surface area contributed by atoms with Gasteiger partial charge in [-0.1, -0.05) is 0 Å². The molecule has 0 aliphatic carbocycles. The van der Waals surface area contributed by atoms with Crippen LogP contribution in [0.5, 0.6) is 0 Å². The molecule has 1 fully saturated rings. The standard InChI is InChI=1S/C13H22N4O/c1-4-17-12(8-10(2)15-17)13(18)16(3)9-11-6-5-7-14-11/h8,11,14H,4-7,9H2,1-3H3. The third-order valence-corrected chi connectivity index (χ3v) is 3.42. The van der Waals surface area contributed by atoms with Crippen LogP contribution in [0, 0.1) is 6.92 Å². The molecule has 1 atom stereocenters. The van der Waals surface area contributed by atoms with Crippen molar-refractivity contribution in [3.63, 3.8) is 0 Å². The summed E-state index contributed by atoms with van der Waals surface area (Å²) in [6.07, 6.45) is 2.36. The molecule has 2 heterocycles. The van der Waals surface area contributed by atoms with Gasteiger partial charge in [0.25, 0.3) is 5.91 Å². The summed E-state index contributed by atoms with van der Waals surface area (Å²) in [7, 11) is 1.87. The minimum absolute atomic E-state index is 0.0613. The first kappa shape index (κ1) is 13.1. The van der Waals surface area contributed by atoms with Gasteiger partial charge in [-0.2, -0.15) is 5.10 Å². The van der Waals surface area contributed by atoms with Crippen molar-refractivity contribution in [1.82, 2.24) is 20.0 Å². The summed E-state index contributed by atoms with van der Waals surface area (Å²) in [6, 6.07) is 2.31. The minimum atomic E-state index is 0.0613. The maximum atomic E-state index is 12.4. The van der Waals surface area contributed by atoms with Crippen molar-refractivity contribution in [1.29, 1.82) is 0 Å². The highest BCUT2D eigenvalue weighted by Crippen LogP contribution is 2.10. The first-order chi connectivity index (χ1) is 8.61. The Morgan fingerprint density at radius 2 is 2.44 bits per heavy atom. The van der Waals surface area contributed by atoms with Crippen LogP contribution >= 0.6 is 0 Å². The summed E-state index contributed by atoms with van der Waals surface area (Å²) in [5.41, 5.74) is 1.59. The molecule has 1 aromatic rings. The quantitative estimate of drug-likeness (QED) is 0.868. The molecule has 1 unspecified atom stereocenters. The number of rotatable bonds is 4. The molecule has 5 heteroatoms. The second-order valence-electron chi connectivity index (χ2n) is 4.97. The number of carbonyl (C=O) groups is 1. The lowest BCUT2D eigenvalue weighted by atomic mass is 10.2. The van der Waals surface area contributed by atoms with E-state index in [9.17, 15) is 4.79 Å². The largest absolute Gasteiger partial charge is 0.339 e. The Labute approximate surface area is 108 Å². The molecule has 0 radical (unpaired) electrons. The molecule has 0 spiro atoms. The van der Waals surface area contributed by atoms with Gasteiger partial charge < -0.3 is 10.2 Å². The van der Waals surface area contributed by atoms with E-state index < -0.39 is 0 Å². The zero-order chi connectivity index (χ0) is 13.1. The predicted molar refractivity (Wildman–Crippen MR) is 70.6 cm³/mol. The fraction of sp³-hybridized carbons (Fsp3) is 0.692. The van der Waals surface area contributed by atoms with Crippen LogP contribution in [0.3, 0.4) is 0 Å². The molecule has 1 aromatic heterocycles. The Hall–Kier alpha value is -1.36. The van der Waals surface area contributed by atoms with Crippen LogP contribution in [0.2, 0.25) is 0 Å². The van der Waals surface area contributed by atoms with E-state index in [1.54, 1.807) is 9.58 Å². The predicted octanol–water partition coefficient (Wildman–Crippen LogP) is 1.04. The second-order valence-corrected chi connectivity index (χ2v) is 4.97. The maximum Gasteiger partial charge on any atom is 0.271 e. The molecule has 100 valence electrons. The number of nitrogens with one attached hydrogen (secondary N) is 1. The molecule has 18 heavy (non-hydrogen) atoms. The van der Waals surface area contributed by atoms with E-state index in [0.717, 1.165) is 31.7 Å². The molecular weight excluding hydrogens is 228 g/mol. The first-order valence-electron chi connectivity index (χ1n) is 6.65. The highest BCUT2D eigenvalue weighted by atomic mass is 16.2. The van der Waals surface area contributed by atoms with E-state index in [-0.39, 0.29) is 5.91 Å². The van der Waals surface area contributed by atoms with Gasteiger partial charge >= 0.3 is 0 Å². The highest BCUT2D eigenvalue weighted by molar-refractivity contribution is 5.92. The number of likely N-dealkylation sites (N-methyl/N-ethyl adjacent to an activating group) is 1. The van der Waals surface area contributed by atoms with Crippen molar-refractivity contribution >= 4 is 5.91 Å². The van der Waals surface area contributed by atoms with E-state index in [1.807, 2.05) is 27.0 Å². The van der Waals surface area contributed by atoms with Crippen LogP contribution < -0.4 is 5.32 Å². The number of carbonyl (C=O) groups excluding carboxylic acids is 1. The molecule has 1 saturated heterocycles. The van der Waals surface area contributed by atoms with E-state index in [0.29, 0.717) is 11.7 Å². The van der Waals surface area contributed by atoms with Crippen LogP contribution in [0.4, 0.5) is 0 Å². The second kappa shape index (κ2) is 5.52. The van der Waals surface area contributed by atoms with Crippen molar-refractivity contribution < 1.29 is 4.79 Å². The van der Waals surface area contributed by atoms with Gasteiger partial charge in [-0.15, -0.1) is 0 Å². The molecule has 5 nitrogen and oxygen atoms in total. The van der Waals surface area contributed by atoms with Gasteiger partial charge in [-0.25, -0.2) is 0 Å². The Morgan fingerprint density at radius 3 is 3.06 bits per heavy atom. The van der Waals surface area contributed by atoms with Crippen LogP contribution in [0.15, 0.2) is 6.07 Å². The molecule has 0 aromatic carbocycles. The summed E-state index contributed by atoms with van der Waals surface area (Å²) in [6.45, 7) is 6.49. The average Bonchev–Trinajstić information content (AvgIpc) is 2.97. The van der Waals surface area contributed by atoms with Crippen LogP contribution in [-0.4, -0.2) is 46.8 Å². The molecular formula is C13H22N4O. The third-order valence-electron chi connectivity index (χ3n) is 3.42. The number of aryl methyl sites for hydroxylation is 2. The molecule has 0 saturated carbocycles. The van der Waals surface area contributed by atoms with Crippen molar-refractivity contribution in [2.45, 2.75) is 39.3 Å². The number of aromatic nitrogens is 2. The summed E-state index contributed by atoms with van der Waals surface area (Å²) in [4.78, 5) is 14.2. The number of hydrogen-bond acceptors (Lipinski definition) is 3. The lowest BCUT2D eigenvalue weighted by Crippen LogP contribution is -2.39. The van der Waals surface area contributed by atoms with Gasteiger partial charge in [0.05, 0.1) is 5.69 Å². The maximum absolute atomic E-state index is 12.4. The average molecular weight is 250 g/mol. The highest BCUT2D eigenvalue weighted by Gasteiger charge is 2.22. The van der Waals surface area contributed by atoms with Crippen molar-refractivity contribution in [3.05, 3.63) is 17.5 Å². The van der Waals surface area contributed by atoms with Gasteiger partial charge in [0.1, 0.15) is 5.69 Å². The topological polar surface area (TPSA) is 50.2 Å². The lowest BCUT2D eigenvalue weighted by Gasteiger charge is -2.21. The summed E-state index contributed by atoms with van der Waals surface area (Å²) in [5, 5.41) is 7.73. The molecule has 1 aliphatic heterocycles. The zero-order valence-electron chi connectivity index (χ0n) is 11.4. The third kappa shape index (κ3) is 2.72. The van der Waals surface area contributed by atoms with Gasteiger partial charge in [0.2, 0.25) is 0 Å². The van der Waals surface area contributed by atoms with E-state index >= 15 is 0 Å². The van der Waals surface area contributed by atoms with Crippen LogP contribution in [0.25, 0.3) is 0 Å². The Morgan fingerprint density at radius 1 is 1.67 bits per heavy atom. The lowest BCUT2D eigenvalue weighted by molar-refractivity contribution is 0.0771. The number of hydrogen-bond donors (Lipinski definition) is 1. The summed E-state index contributed by atoms with van der Waals surface area (Å²) >= 11 is 0. The Balaban J connectivity index is 2.04. The Bertz CT molecular complexity index is 421.